The average Bonchev–Trinajstić information content (AvgIpc) is 1.56. The van der Waals surface area contributed by atoms with Crippen molar-refractivity contribution in [2.45, 2.75) is 33.1 Å². The average molecular weight is 166 g/mol. The Labute approximate surface area is 64.2 Å². The van der Waals surface area contributed by atoms with Crippen molar-refractivity contribution >= 4 is 5.97 Å². The van der Waals surface area contributed by atoms with Gasteiger partial charge in [0.1, 0.15) is 6.42 Å². The number of halogens is 2. The van der Waals surface area contributed by atoms with E-state index in [1.807, 2.05) is 0 Å². The summed E-state index contributed by atoms with van der Waals surface area (Å²) >= 11 is 0. The summed E-state index contributed by atoms with van der Waals surface area (Å²) in [5, 5.41) is 8.13. The lowest BCUT2D eigenvalue weighted by Gasteiger charge is -2.28. The molecule has 0 aliphatic rings. The first kappa shape index (κ1) is 10.3. The van der Waals surface area contributed by atoms with Crippen LogP contribution in [0.15, 0.2) is 0 Å². The molecule has 2 nitrogen and oxygen atoms in total. The predicted octanol–water partition coefficient (Wildman–Crippen LogP) is 2.14. The van der Waals surface area contributed by atoms with Crippen molar-refractivity contribution in [2.24, 2.45) is 5.41 Å². The van der Waals surface area contributed by atoms with Gasteiger partial charge in [-0.25, -0.2) is 8.78 Å². The topological polar surface area (TPSA) is 37.3 Å². The molecule has 4 heteroatoms. The van der Waals surface area contributed by atoms with Crippen LogP contribution in [0.25, 0.3) is 0 Å². The molecule has 0 fully saturated rings. The van der Waals surface area contributed by atoms with Crippen LogP contribution in [0.2, 0.25) is 0 Å². The Kier molecular flexibility index (Phi) is 2.59. The van der Waals surface area contributed by atoms with Gasteiger partial charge in [0.15, 0.2) is 0 Å². The van der Waals surface area contributed by atoms with Crippen molar-refractivity contribution < 1.29 is 18.7 Å². The van der Waals surface area contributed by atoms with Crippen molar-refractivity contribution in [3.05, 3.63) is 0 Å². The van der Waals surface area contributed by atoms with Crippen molar-refractivity contribution in [1.82, 2.24) is 0 Å². The Morgan fingerprint density at radius 3 is 1.82 bits per heavy atom. The molecule has 11 heavy (non-hydrogen) atoms. The lowest BCUT2D eigenvalue weighted by molar-refractivity contribution is -0.155. The van der Waals surface area contributed by atoms with Gasteiger partial charge in [0.05, 0.1) is 0 Å². The fraction of sp³-hybridized carbons (Fsp3) is 0.857. The maximum absolute atomic E-state index is 12.8. The number of carboxylic acids is 1. The van der Waals surface area contributed by atoms with E-state index in [1.165, 1.54) is 20.8 Å². The van der Waals surface area contributed by atoms with Gasteiger partial charge in [0.25, 0.3) is 5.92 Å². The van der Waals surface area contributed by atoms with Gasteiger partial charge in [0.2, 0.25) is 0 Å². The molecule has 0 rings (SSSR count). The first-order chi connectivity index (χ1) is 4.67. The maximum Gasteiger partial charge on any atom is 0.309 e. The van der Waals surface area contributed by atoms with Gasteiger partial charge in [-0.1, -0.05) is 20.8 Å². The monoisotopic (exact) mass is 166 g/mol. The van der Waals surface area contributed by atoms with Crippen LogP contribution >= 0.6 is 0 Å². The third kappa shape index (κ3) is 2.82. The van der Waals surface area contributed by atoms with E-state index in [9.17, 15) is 13.6 Å². The van der Waals surface area contributed by atoms with Gasteiger partial charge >= 0.3 is 5.97 Å². The molecular formula is C7H12F2O2. The quantitative estimate of drug-likeness (QED) is 0.682. The number of alkyl halides is 2. The smallest absolute Gasteiger partial charge is 0.309 e. The molecule has 1 N–H and O–H groups in total. The minimum absolute atomic E-state index is 1.10. The highest BCUT2D eigenvalue weighted by Crippen LogP contribution is 2.38. The Morgan fingerprint density at radius 2 is 1.73 bits per heavy atom. The highest BCUT2D eigenvalue weighted by Gasteiger charge is 2.44. The van der Waals surface area contributed by atoms with E-state index in [1.54, 1.807) is 0 Å². The second kappa shape index (κ2) is 2.75. The molecular weight excluding hydrogens is 154 g/mol. The zero-order chi connectivity index (χ0) is 9.28. The summed E-state index contributed by atoms with van der Waals surface area (Å²) in [6.45, 7) is 3.95. The lowest BCUT2D eigenvalue weighted by atomic mass is 9.86. The molecule has 0 heterocycles. The second-order valence-corrected chi connectivity index (χ2v) is 3.52. The first-order valence-electron chi connectivity index (χ1n) is 3.26. The summed E-state index contributed by atoms with van der Waals surface area (Å²) < 4.78 is 25.6. The first-order valence-corrected chi connectivity index (χ1v) is 3.26. The molecule has 0 aromatic heterocycles. The molecule has 66 valence electrons. The van der Waals surface area contributed by atoms with Gasteiger partial charge in [-0.3, -0.25) is 4.79 Å². The molecule has 0 aromatic carbocycles. The second-order valence-electron chi connectivity index (χ2n) is 3.52. The van der Waals surface area contributed by atoms with E-state index in [-0.39, 0.29) is 0 Å². The molecule has 0 aliphatic heterocycles. The molecule has 0 unspecified atom stereocenters. The van der Waals surface area contributed by atoms with E-state index in [2.05, 4.69) is 0 Å². The highest BCUT2D eigenvalue weighted by molar-refractivity contribution is 5.67. The summed E-state index contributed by atoms with van der Waals surface area (Å²) in [6.07, 6.45) is -1.10. The number of carbonyl (C=O) groups is 1. The number of hydrogen-bond acceptors (Lipinski definition) is 1. The Hall–Kier alpha value is -0.670. The van der Waals surface area contributed by atoms with E-state index in [4.69, 9.17) is 5.11 Å². The third-order valence-corrected chi connectivity index (χ3v) is 1.47. The van der Waals surface area contributed by atoms with Gasteiger partial charge in [-0.05, 0) is 0 Å². The van der Waals surface area contributed by atoms with Crippen molar-refractivity contribution in [2.75, 3.05) is 0 Å². The van der Waals surface area contributed by atoms with Crippen molar-refractivity contribution in [3.8, 4) is 0 Å². The summed E-state index contributed by atoms with van der Waals surface area (Å²) in [7, 11) is 0. The highest BCUT2D eigenvalue weighted by atomic mass is 19.3. The van der Waals surface area contributed by atoms with Gasteiger partial charge in [0, 0.05) is 5.41 Å². The minimum Gasteiger partial charge on any atom is -0.481 e. The molecule has 0 atom stereocenters. The Morgan fingerprint density at radius 1 is 1.36 bits per heavy atom. The zero-order valence-corrected chi connectivity index (χ0v) is 6.82. The van der Waals surface area contributed by atoms with Crippen LogP contribution < -0.4 is 0 Å². The van der Waals surface area contributed by atoms with E-state index < -0.39 is 23.7 Å². The molecule has 0 bridgehead atoms. The molecule has 0 amide bonds. The van der Waals surface area contributed by atoms with Crippen LogP contribution in [0.5, 0.6) is 0 Å². The van der Waals surface area contributed by atoms with Crippen molar-refractivity contribution in [3.63, 3.8) is 0 Å². The summed E-state index contributed by atoms with van der Waals surface area (Å²) in [6, 6.07) is 0. The van der Waals surface area contributed by atoms with Gasteiger partial charge in [-0.15, -0.1) is 0 Å². The largest absolute Gasteiger partial charge is 0.481 e. The summed E-state index contributed by atoms with van der Waals surface area (Å²) in [5.74, 6) is -4.61. The summed E-state index contributed by atoms with van der Waals surface area (Å²) in [5.41, 5.74) is -1.29. The number of carboxylic acid groups (broad SMARTS) is 1. The van der Waals surface area contributed by atoms with Crippen LogP contribution in [-0.4, -0.2) is 17.0 Å². The van der Waals surface area contributed by atoms with Gasteiger partial charge in [-0.2, -0.15) is 0 Å². The van der Waals surface area contributed by atoms with Crippen LogP contribution in [0.4, 0.5) is 8.78 Å². The van der Waals surface area contributed by atoms with Crippen molar-refractivity contribution in [1.29, 1.82) is 0 Å². The normalized spacial score (nSPS) is 13.2. The van der Waals surface area contributed by atoms with Crippen LogP contribution in [-0.2, 0) is 4.79 Å². The fourth-order valence-electron chi connectivity index (χ4n) is 0.455. The number of hydrogen-bond donors (Lipinski definition) is 1. The Bertz CT molecular complexity index is 158. The fourth-order valence-corrected chi connectivity index (χ4v) is 0.455. The van der Waals surface area contributed by atoms with E-state index >= 15 is 0 Å². The predicted molar refractivity (Wildman–Crippen MR) is 36.7 cm³/mol. The number of aliphatic carboxylic acids is 1. The van der Waals surface area contributed by atoms with E-state index in [0.29, 0.717) is 0 Å². The molecule has 0 spiro atoms. The van der Waals surface area contributed by atoms with Crippen LogP contribution in [0, 0.1) is 5.41 Å². The van der Waals surface area contributed by atoms with Crippen LogP contribution in [0.1, 0.15) is 27.2 Å². The van der Waals surface area contributed by atoms with E-state index in [0.717, 1.165) is 0 Å². The third-order valence-electron chi connectivity index (χ3n) is 1.47. The number of rotatable bonds is 2. The molecule has 0 saturated heterocycles. The standard InChI is InChI=1S/C7H12F2O2/c1-6(2,3)7(8,9)4-5(10)11/h4H2,1-3H3,(H,10,11). The van der Waals surface area contributed by atoms with Crippen LogP contribution in [0.3, 0.4) is 0 Å². The molecule has 0 aromatic rings. The molecule has 0 radical (unpaired) electrons. The summed E-state index contributed by atoms with van der Waals surface area (Å²) in [4.78, 5) is 9.98. The van der Waals surface area contributed by atoms with Gasteiger partial charge < -0.3 is 5.11 Å². The SMILES string of the molecule is CC(C)(C)C(F)(F)CC(=O)O. The maximum atomic E-state index is 12.8. The minimum atomic E-state index is -3.14. The molecule has 0 aliphatic carbocycles. The zero-order valence-electron chi connectivity index (χ0n) is 6.82. The Balaban J connectivity index is 4.34. The molecule has 0 saturated carbocycles. The lowest BCUT2D eigenvalue weighted by Crippen LogP contribution is -2.35.